The number of nitrogens with zero attached hydrogens (tertiary/aromatic N) is 2. The van der Waals surface area contributed by atoms with Crippen molar-refractivity contribution < 1.29 is 22.3 Å². The SMILES string of the molecule is C=C(Cc1ccc(NCc2cc(OC)cc(C(F)(F)F)c2)nc1F)c1cc(C)cnc1NC. The van der Waals surface area contributed by atoms with Gasteiger partial charge in [-0.05, 0) is 54.0 Å². The molecule has 0 unspecified atom stereocenters. The number of allylic oxidation sites excluding steroid dienone is 1. The van der Waals surface area contributed by atoms with Crippen molar-refractivity contribution in [1.82, 2.24) is 9.97 Å². The number of aryl methyl sites for hydroxylation is 1. The van der Waals surface area contributed by atoms with Crippen molar-refractivity contribution in [2.45, 2.75) is 26.1 Å². The third-order valence-corrected chi connectivity index (χ3v) is 4.97. The van der Waals surface area contributed by atoms with Gasteiger partial charge in [-0.1, -0.05) is 12.6 Å². The first-order valence-corrected chi connectivity index (χ1v) is 10.1. The molecule has 3 aromatic rings. The summed E-state index contributed by atoms with van der Waals surface area (Å²) in [5, 5.41) is 5.85. The molecule has 0 fully saturated rings. The molecule has 9 heteroatoms. The molecule has 0 atom stereocenters. The number of halogens is 4. The van der Waals surface area contributed by atoms with E-state index in [0.29, 0.717) is 22.5 Å². The van der Waals surface area contributed by atoms with Crippen LogP contribution in [0.4, 0.5) is 29.2 Å². The van der Waals surface area contributed by atoms with Crippen molar-refractivity contribution in [3.05, 3.63) is 82.9 Å². The maximum absolute atomic E-state index is 14.7. The normalized spacial score (nSPS) is 11.2. The Balaban J connectivity index is 1.73. The Morgan fingerprint density at radius 2 is 1.91 bits per heavy atom. The van der Waals surface area contributed by atoms with Gasteiger partial charge in [-0.3, -0.25) is 0 Å². The molecule has 3 rings (SSSR count). The number of benzene rings is 1. The number of methoxy groups -OCH3 is 1. The second-order valence-corrected chi connectivity index (χ2v) is 7.51. The number of alkyl halides is 3. The van der Waals surface area contributed by atoms with Crippen LogP contribution in [0.5, 0.6) is 5.75 Å². The van der Waals surface area contributed by atoms with E-state index >= 15 is 0 Å². The van der Waals surface area contributed by atoms with Gasteiger partial charge in [0, 0.05) is 37.3 Å². The van der Waals surface area contributed by atoms with Crippen LogP contribution >= 0.6 is 0 Å². The van der Waals surface area contributed by atoms with E-state index in [0.717, 1.165) is 23.3 Å². The van der Waals surface area contributed by atoms with E-state index in [2.05, 4.69) is 27.2 Å². The van der Waals surface area contributed by atoms with Crippen molar-refractivity contribution in [3.8, 4) is 5.75 Å². The van der Waals surface area contributed by atoms with Crippen molar-refractivity contribution in [1.29, 1.82) is 0 Å². The number of rotatable bonds is 8. The summed E-state index contributed by atoms with van der Waals surface area (Å²) in [4.78, 5) is 8.22. The standard InChI is InChI=1S/C24H24F4N4O/c1-14-7-20(23(29-3)31-12-14)15(2)8-17-5-6-21(32-22(17)25)30-13-16-9-18(24(26,27)28)11-19(10-16)33-4/h5-7,9-12H,2,8,13H2,1,3-4H3,(H,29,31)(H,30,32). The molecule has 0 radical (unpaired) electrons. The average Bonchev–Trinajstić information content (AvgIpc) is 2.78. The van der Waals surface area contributed by atoms with Crippen LogP contribution in [-0.4, -0.2) is 24.1 Å². The van der Waals surface area contributed by atoms with Crippen molar-refractivity contribution >= 4 is 17.2 Å². The van der Waals surface area contributed by atoms with Gasteiger partial charge in [0.25, 0.3) is 0 Å². The molecule has 0 spiro atoms. The molecular formula is C24H24F4N4O. The molecule has 33 heavy (non-hydrogen) atoms. The van der Waals surface area contributed by atoms with Crippen LogP contribution in [0.1, 0.15) is 27.8 Å². The van der Waals surface area contributed by atoms with E-state index in [4.69, 9.17) is 4.74 Å². The molecule has 2 N–H and O–H groups in total. The number of aromatic nitrogens is 2. The van der Waals surface area contributed by atoms with Crippen molar-refractivity contribution in [2.75, 3.05) is 24.8 Å². The van der Waals surface area contributed by atoms with E-state index in [9.17, 15) is 17.6 Å². The van der Waals surface area contributed by atoms with Crippen molar-refractivity contribution in [3.63, 3.8) is 0 Å². The Hall–Kier alpha value is -3.62. The first kappa shape index (κ1) is 24.0. The van der Waals surface area contributed by atoms with Crippen LogP contribution in [-0.2, 0) is 19.1 Å². The van der Waals surface area contributed by atoms with Crippen LogP contribution in [0, 0.1) is 12.9 Å². The zero-order chi connectivity index (χ0) is 24.2. The molecule has 0 bridgehead atoms. The van der Waals surface area contributed by atoms with E-state index in [1.807, 2.05) is 13.0 Å². The molecule has 2 aromatic heterocycles. The summed E-state index contributed by atoms with van der Waals surface area (Å²) in [6, 6.07) is 8.48. The van der Waals surface area contributed by atoms with Gasteiger partial charge in [0.1, 0.15) is 17.4 Å². The zero-order valence-corrected chi connectivity index (χ0v) is 18.5. The number of ether oxygens (including phenoxy) is 1. The molecular weight excluding hydrogens is 436 g/mol. The predicted octanol–water partition coefficient (Wildman–Crippen LogP) is 5.86. The first-order valence-electron chi connectivity index (χ1n) is 10.1. The summed E-state index contributed by atoms with van der Waals surface area (Å²) in [5.74, 6) is 0.246. The van der Waals surface area contributed by atoms with E-state index < -0.39 is 17.7 Å². The van der Waals surface area contributed by atoms with Crippen LogP contribution in [0.25, 0.3) is 5.57 Å². The second kappa shape index (κ2) is 9.89. The van der Waals surface area contributed by atoms with Gasteiger partial charge in [-0.2, -0.15) is 17.6 Å². The van der Waals surface area contributed by atoms with Gasteiger partial charge in [0.15, 0.2) is 0 Å². The molecule has 174 valence electrons. The monoisotopic (exact) mass is 460 g/mol. The van der Waals surface area contributed by atoms with E-state index in [1.165, 1.54) is 13.2 Å². The van der Waals surface area contributed by atoms with Gasteiger partial charge in [-0.25, -0.2) is 9.97 Å². The Labute approximate surface area is 189 Å². The molecule has 5 nitrogen and oxygen atoms in total. The number of pyridine rings is 2. The molecule has 0 saturated carbocycles. The van der Waals surface area contributed by atoms with Crippen molar-refractivity contribution in [2.24, 2.45) is 0 Å². The van der Waals surface area contributed by atoms with Crippen LogP contribution in [0.3, 0.4) is 0 Å². The van der Waals surface area contributed by atoms with Gasteiger partial charge < -0.3 is 15.4 Å². The lowest BCUT2D eigenvalue weighted by molar-refractivity contribution is -0.137. The first-order chi connectivity index (χ1) is 15.6. The largest absolute Gasteiger partial charge is 0.497 e. The third kappa shape index (κ3) is 6.00. The third-order valence-electron chi connectivity index (χ3n) is 4.97. The topological polar surface area (TPSA) is 59.1 Å². The number of nitrogens with one attached hydrogen (secondary N) is 2. The van der Waals surface area contributed by atoms with Gasteiger partial charge in [0.2, 0.25) is 5.95 Å². The minimum absolute atomic E-state index is 0.0132. The van der Waals surface area contributed by atoms with Crippen LogP contribution in [0.2, 0.25) is 0 Å². The molecule has 0 aliphatic heterocycles. The minimum Gasteiger partial charge on any atom is -0.497 e. The Kier molecular flexibility index (Phi) is 7.20. The fraction of sp³-hybridized carbons (Fsp3) is 0.250. The smallest absolute Gasteiger partial charge is 0.416 e. The molecule has 0 saturated heterocycles. The quantitative estimate of drug-likeness (QED) is 0.326. The molecule has 0 aliphatic rings. The summed E-state index contributed by atoms with van der Waals surface area (Å²) in [5.41, 5.74) is 2.26. The fourth-order valence-electron chi connectivity index (χ4n) is 3.29. The summed E-state index contributed by atoms with van der Waals surface area (Å²) >= 11 is 0. The second-order valence-electron chi connectivity index (χ2n) is 7.51. The summed E-state index contributed by atoms with van der Waals surface area (Å²) in [7, 11) is 3.04. The number of hydrogen-bond donors (Lipinski definition) is 2. The molecule has 0 amide bonds. The molecule has 0 aliphatic carbocycles. The maximum atomic E-state index is 14.7. The van der Waals surface area contributed by atoms with E-state index in [1.54, 1.807) is 25.4 Å². The predicted molar refractivity (Wildman–Crippen MR) is 121 cm³/mol. The highest BCUT2D eigenvalue weighted by molar-refractivity contribution is 5.74. The van der Waals surface area contributed by atoms with Gasteiger partial charge in [0.05, 0.1) is 12.7 Å². The lowest BCUT2D eigenvalue weighted by Gasteiger charge is -2.14. The zero-order valence-electron chi connectivity index (χ0n) is 18.5. The summed E-state index contributed by atoms with van der Waals surface area (Å²) < 4.78 is 58.9. The molecule has 1 aromatic carbocycles. The minimum atomic E-state index is -4.50. The molecule has 2 heterocycles. The Morgan fingerprint density at radius 3 is 2.55 bits per heavy atom. The average molecular weight is 460 g/mol. The van der Waals surface area contributed by atoms with Crippen LogP contribution in [0.15, 0.2) is 49.2 Å². The van der Waals surface area contributed by atoms with E-state index in [-0.39, 0.29) is 24.5 Å². The van der Waals surface area contributed by atoms with Gasteiger partial charge in [-0.15, -0.1) is 0 Å². The Morgan fingerprint density at radius 1 is 1.15 bits per heavy atom. The Bertz CT molecular complexity index is 1160. The van der Waals surface area contributed by atoms with Crippen LogP contribution < -0.4 is 15.4 Å². The highest BCUT2D eigenvalue weighted by atomic mass is 19.4. The lowest BCUT2D eigenvalue weighted by atomic mass is 10.00. The fourth-order valence-corrected chi connectivity index (χ4v) is 3.29. The number of anilines is 2. The highest BCUT2D eigenvalue weighted by Gasteiger charge is 2.31. The van der Waals surface area contributed by atoms with Gasteiger partial charge >= 0.3 is 6.18 Å². The summed E-state index contributed by atoms with van der Waals surface area (Å²) in [6.07, 6.45) is -2.55. The summed E-state index contributed by atoms with van der Waals surface area (Å²) in [6.45, 7) is 5.98. The lowest BCUT2D eigenvalue weighted by Crippen LogP contribution is -2.09. The number of hydrogen-bond acceptors (Lipinski definition) is 5. The maximum Gasteiger partial charge on any atom is 0.416 e. The highest BCUT2D eigenvalue weighted by Crippen LogP contribution is 2.33.